The molecular formula is C17H13ClN4O3. The summed E-state index contributed by atoms with van der Waals surface area (Å²) in [6, 6.07) is 12.5. The van der Waals surface area contributed by atoms with Crippen molar-refractivity contribution in [3.63, 3.8) is 0 Å². The van der Waals surface area contributed by atoms with Gasteiger partial charge in [-0.3, -0.25) is 10.1 Å². The van der Waals surface area contributed by atoms with Gasteiger partial charge in [0.05, 0.1) is 6.54 Å². The van der Waals surface area contributed by atoms with Crippen LogP contribution in [0.25, 0.3) is 0 Å². The number of hydrogen-bond acceptors (Lipinski definition) is 5. The molecule has 0 saturated heterocycles. The van der Waals surface area contributed by atoms with E-state index in [2.05, 4.69) is 15.4 Å². The Bertz CT molecular complexity index is 941. The maximum absolute atomic E-state index is 12.3. The van der Waals surface area contributed by atoms with E-state index in [1.165, 1.54) is 0 Å². The summed E-state index contributed by atoms with van der Waals surface area (Å²) in [5.41, 5.74) is 1.43. The van der Waals surface area contributed by atoms with Gasteiger partial charge in [0.15, 0.2) is 11.5 Å². The summed E-state index contributed by atoms with van der Waals surface area (Å²) in [4.78, 5) is 16.4. The van der Waals surface area contributed by atoms with Gasteiger partial charge in [-0.15, -0.1) is 5.10 Å². The first-order valence-corrected chi connectivity index (χ1v) is 7.90. The molecule has 1 aliphatic heterocycles. The summed E-state index contributed by atoms with van der Waals surface area (Å²) in [6.45, 7) is 0.670. The van der Waals surface area contributed by atoms with E-state index >= 15 is 0 Å². The van der Waals surface area contributed by atoms with E-state index < -0.39 is 0 Å². The zero-order valence-electron chi connectivity index (χ0n) is 13.0. The van der Waals surface area contributed by atoms with E-state index in [0.29, 0.717) is 28.6 Å². The normalized spacial score (nSPS) is 12.2. The number of halogens is 1. The van der Waals surface area contributed by atoms with Crippen LogP contribution in [0.5, 0.6) is 11.5 Å². The van der Waals surface area contributed by atoms with E-state index in [4.69, 9.17) is 21.1 Å². The van der Waals surface area contributed by atoms with Crippen molar-refractivity contribution in [1.29, 1.82) is 0 Å². The van der Waals surface area contributed by atoms with E-state index in [-0.39, 0.29) is 18.6 Å². The van der Waals surface area contributed by atoms with Crippen molar-refractivity contribution in [3.8, 4) is 11.5 Å². The summed E-state index contributed by atoms with van der Waals surface area (Å²) in [5.74, 6) is 1.08. The number of nitrogens with one attached hydrogen (secondary N) is 1. The molecule has 0 fully saturated rings. The molecule has 3 aromatic rings. The van der Waals surface area contributed by atoms with Crippen molar-refractivity contribution in [1.82, 2.24) is 14.8 Å². The highest BCUT2D eigenvalue weighted by molar-refractivity contribution is 6.30. The zero-order chi connectivity index (χ0) is 17.2. The molecule has 2 heterocycles. The molecule has 126 valence electrons. The average Bonchev–Trinajstić information content (AvgIpc) is 3.23. The molecule has 7 nitrogen and oxygen atoms in total. The standard InChI is InChI=1S/C17H13ClN4O3/c18-13-3-1-2-11(6-13)8-22-9-19-17(21-22)20-16(23)12-4-5-14-15(7-12)25-10-24-14/h1-7,9H,8,10H2,(H,20,21,23). The first-order valence-electron chi connectivity index (χ1n) is 7.52. The number of nitrogens with zero attached hydrogens (tertiary/aromatic N) is 3. The van der Waals surface area contributed by atoms with Gasteiger partial charge >= 0.3 is 0 Å². The van der Waals surface area contributed by atoms with Gasteiger partial charge in [0.25, 0.3) is 5.91 Å². The highest BCUT2D eigenvalue weighted by atomic mass is 35.5. The summed E-state index contributed by atoms with van der Waals surface area (Å²) < 4.78 is 12.1. The minimum Gasteiger partial charge on any atom is -0.454 e. The number of carbonyl (C=O) groups excluding carboxylic acids is 1. The Morgan fingerprint density at radius 2 is 2.08 bits per heavy atom. The van der Waals surface area contributed by atoms with Crippen LogP contribution in [0, 0.1) is 0 Å². The predicted molar refractivity (Wildman–Crippen MR) is 91.1 cm³/mol. The second kappa shape index (κ2) is 6.45. The van der Waals surface area contributed by atoms with E-state index in [1.807, 2.05) is 24.3 Å². The second-order valence-corrected chi connectivity index (χ2v) is 5.85. The Morgan fingerprint density at radius 1 is 1.20 bits per heavy atom. The number of ether oxygens (including phenoxy) is 2. The Labute approximate surface area is 148 Å². The van der Waals surface area contributed by atoms with Gasteiger partial charge in [0.2, 0.25) is 12.7 Å². The van der Waals surface area contributed by atoms with Crippen molar-refractivity contribution in [2.45, 2.75) is 6.54 Å². The number of carbonyl (C=O) groups is 1. The highest BCUT2D eigenvalue weighted by Crippen LogP contribution is 2.32. The van der Waals surface area contributed by atoms with Crippen LogP contribution >= 0.6 is 11.6 Å². The highest BCUT2D eigenvalue weighted by Gasteiger charge is 2.17. The third kappa shape index (κ3) is 3.41. The maximum Gasteiger partial charge on any atom is 0.258 e. The number of amides is 1. The molecule has 25 heavy (non-hydrogen) atoms. The molecular weight excluding hydrogens is 344 g/mol. The Balaban J connectivity index is 1.44. The van der Waals surface area contributed by atoms with Gasteiger partial charge in [-0.1, -0.05) is 23.7 Å². The lowest BCUT2D eigenvalue weighted by molar-refractivity contribution is 0.102. The number of aromatic nitrogens is 3. The summed E-state index contributed by atoms with van der Waals surface area (Å²) in [6.07, 6.45) is 1.55. The fourth-order valence-electron chi connectivity index (χ4n) is 2.46. The average molecular weight is 357 g/mol. The van der Waals surface area contributed by atoms with Gasteiger partial charge in [0.1, 0.15) is 6.33 Å². The lowest BCUT2D eigenvalue weighted by Crippen LogP contribution is -2.13. The molecule has 4 rings (SSSR count). The number of fused-ring (bicyclic) bond motifs is 1. The molecule has 0 aliphatic carbocycles. The van der Waals surface area contributed by atoms with Crippen molar-refractivity contribution in [2.24, 2.45) is 0 Å². The van der Waals surface area contributed by atoms with Gasteiger partial charge in [0, 0.05) is 10.6 Å². The number of benzene rings is 2. The monoisotopic (exact) mass is 356 g/mol. The first-order chi connectivity index (χ1) is 12.2. The van der Waals surface area contributed by atoms with Crippen molar-refractivity contribution in [2.75, 3.05) is 12.1 Å². The van der Waals surface area contributed by atoms with Gasteiger partial charge in [-0.25, -0.2) is 9.67 Å². The molecule has 1 aromatic heterocycles. The van der Waals surface area contributed by atoms with Gasteiger partial charge < -0.3 is 9.47 Å². The quantitative estimate of drug-likeness (QED) is 0.777. The van der Waals surface area contributed by atoms with E-state index in [1.54, 1.807) is 29.2 Å². The molecule has 0 saturated carbocycles. The number of rotatable bonds is 4. The largest absolute Gasteiger partial charge is 0.454 e. The molecule has 1 aliphatic rings. The van der Waals surface area contributed by atoms with Crippen LogP contribution in [-0.4, -0.2) is 27.5 Å². The second-order valence-electron chi connectivity index (χ2n) is 5.42. The van der Waals surface area contributed by atoms with Crippen molar-refractivity contribution >= 4 is 23.5 Å². The molecule has 1 amide bonds. The minimum absolute atomic E-state index is 0.163. The fourth-order valence-corrected chi connectivity index (χ4v) is 2.67. The molecule has 0 atom stereocenters. The maximum atomic E-state index is 12.3. The summed E-state index contributed by atoms with van der Waals surface area (Å²) in [7, 11) is 0. The van der Waals surface area contributed by atoms with Crippen LogP contribution in [0.3, 0.4) is 0 Å². The predicted octanol–water partition coefficient (Wildman–Crippen LogP) is 2.96. The molecule has 0 spiro atoms. The molecule has 0 bridgehead atoms. The van der Waals surface area contributed by atoms with Crippen molar-refractivity contribution in [3.05, 3.63) is 64.9 Å². The lowest BCUT2D eigenvalue weighted by Gasteiger charge is -2.03. The summed E-state index contributed by atoms with van der Waals surface area (Å²) in [5, 5.41) is 7.57. The Morgan fingerprint density at radius 3 is 2.96 bits per heavy atom. The molecule has 0 radical (unpaired) electrons. The van der Waals surface area contributed by atoms with Crippen molar-refractivity contribution < 1.29 is 14.3 Å². The molecule has 0 unspecified atom stereocenters. The minimum atomic E-state index is -0.321. The fraction of sp³-hybridized carbons (Fsp3) is 0.118. The first kappa shape index (κ1) is 15.5. The summed E-state index contributed by atoms with van der Waals surface area (Å²) >= 11 is 5.97. The SMILES string of the molecule is O=C(Nc1ncn(Cc2cccc(Cl)c2)n1)c1ccc2c(c1)OCO2. The van der Waals surface area contributed by atoms with Gasteiger partial charge in [-0.2, -0.15) is 0 Å². The van der Waals surface area contributed by atoms with Crippen LogP contribution in [0.2, 0.25) is 5.02 Å². The van der Waals surface area contributed by atoms with Crippen LogP contribution in [0.4, 0.5) is 5.95 Å². The third-order valence-electron chi connectivity index (χ3n) is 3.63. The van der Waals surface area contributed by atoms with E-state index in [0.717, 1.165) is 5.56 Å². The molecule has 1 N–H and O–H groups in total. The Hall–Kier alpha value is -3.06. The van der Waals surface area contributed by atoms with E-state index in [9.17, 15) is 4.79 Å². The number of hydrogen-bond donors (Lipinski definition) is 1. The molecule has 2 aromatic carbocycles. The Kier molecular flexibility index (Phi) is 3.99. The molecule has 8 heteroatoms. The number of anilines is 1. The zero-order valence-corrected chi connectivity index (χ0v) is 13.7. The smallest absolute Gasteiger partial charge is 0.258 e. The van der Waals surface area contributed by atoms with Crippen LogP contribution in [0.1, 0.15) is 15.9 Å². The van der Waals surface area contributed by atoms with Crippen LogP contribution in [0.15, 0.2) is 48.8 Å². The van der Waals surface area contributed by atoms with Crippen LogP contribution < -0.4 is 14.8 Å². The van der Waals surface area contributed by atoms with Crippen LogP contribution in [-0.2, 0) is 6.54 Å². The lowest BCUT2D eigenvalue weighted by atomic mass is 10.2. The third-order valence-corrected chi connectivity index (χ3v) is 3.87. The topological polar surface area (TPSA) is 78.3 Å². The van der Waals surface area contributed by atoms with Gasteiger partial charge in [-0.05, 0) is 35.9 Å².